The number of nitrogens with two attached hydrogens (primary N) is 1. The molecule has 0 saturated heterocycles. The van der Waals surface area contributed by atoms with Crippen molar-refractivity contribution in [3.63, 3.8) is 0 Å². The molecule has 1 aromatic carbocycles. The smallest absolute Gasteiger partial charge is 0.154 e. The first-order valence-corrected chi connectivity index (χ1v) is 5.19. The highest BCUT2D eigenvalue weighted by atomic mass is 19.1. The van der Waals surface area contributed by atoms with Gasteiger partial charge in [-0.1, -0.05) is 12.1 Å². The van der Waals surface area contributed by atoms with E-state index in [1.54, 1.807) is 12.1 Å². The third kappa shape index (κ3) is 1.84. The molecule has 1 aromatic heterocycles. The number of hydrogen-bond donors (Lipinski definition) is 1. The quantitative estimate of drug-likeness (QED) is 0.864. The van der Waals surface area contributed by atoms with E-state index in [4.69, 9.17) is 10.3 Å². The minimum Gasteiger partial charge on any atom is -0.359 e. The molecule has 0 spiro atoms. The molecule has 0 bridgehead atoms. The highest BCUT2D eigenvalue weighted by Crippen LogP contribution is 2.25. The van der Waals surface area contributed by atoms with Crippen LogP contribution in [0.3, 0.4) is 0 Å². The molecular formula is C12H13FN2O. The monoisotopic (exact) mass is 220 g/mol. The summed E-state index contributed by atoms with van der Waals surface area (Å²) < 4.78 is 17.9. The summed E-state index contributed by atoms with van der Waals surface area (Å²) in [5, 5.41) is 3.98. The zero-order valence-electron chi connectivity index (χ0n) is 9.03. The first-order chi connectivity index (χ1) is 7.76. The van der Waals surface area contributed by atoms with Gasteiger partial charge in [0.2, 0.25) is 0 Å². The Hall–Kier alpha value is -1.68. The Bertz CT molecular complexity index is 476. The first-order valence-electron chi connectivity index (χ1n) is 5.19. The first kappa shape index (κ1) is 10.8. The zero-order chi connectivity index (χ0) is 11.5. The Morgan fingerprint density at radius 2 is 2.00 bits per heavy atom. The summed E-state index contributed by atoms with van der Waals surface area (Å²) in [5.41, 5.74) is 8.14. The van der Waals surface area contributed by atoms with Gasteiger partial charge >= 0.3 is 0 Å². The van der Waals surface area contributed by atoms with Crippen LogP contribution in [0.4, 0.5) is 4.39 Å². The van der Waals surface area contributed by atoms with Crippen LogP contribution in [0.1, 0.15) is 18.2 Å². The van der Waals surface area contributed by atoms with Crippen molar-refractivity contribution >= 4 is 0 Å². The van der Waals surface area contributed by atoms with Gasteiger partial charge in [-0.25, -0.2) is 4.39 Å². The van der Waals surface area contributed by atoms with Crippen LogP contribution in [0.25, 0.3) is 11.3 Å². The Labute approximate surface area is 93.1 Å². The molecule has 3 nitrogen and oxygen atoms in total. The van der Waals surface area contributed by atoms with Crippen LogP contribution in [0.2, 0.25) is 0 Å². The lowest BCUT2D eigenvalue weighted by Gasteiger charge is -1.99. The fourth-order valence-corrected chi connectivity index (χ4v) is 1.70. The number of halogens is 1. The summed E-state index contributed by atoms with van der Waals surface area (Å²) in [6, 6.07) is 6.19. The molecule has 16 heavy (non-hydrogen) atoms. The summed E-state index contributed by atoms with van der Waals surface area (Å²) in [6.45, 7) is 2.34. The van der Waals surface area contributed by atoms with Crippen molar-refractivity contribution in [2.75, 3.05) is 0 Å². The van der Waals surface area contributed by atoms with Crippen molar-refractivity contribution in [2.24, 2.45) is 5.73 Å². The standard InChI is InChI=1S/C12H13FN2O/c1-2-10-11(7-14)16-15-12(10)8-3-5-9(13)6-4-8/h3-6H,2,7,14H2,1H3. The van der Waals surface area contributed by atoms with E-state index in [0.29, 0.717) is 12.3 Å². The SMILES string of the molecule is CCc1c(-c2ccc(F)cc2)noc1CN. The molecule has 2 aromatic rings. The zero-order valence-corrected chi connectivity index (χ0v) is 9.03. The molecule has 2 N–H and O–H groups in total. The lowest BCUT2D eigenvalue weighted by molar-refractivity contribution is 0.385. The van der Waals surface area contributed by atoms with E-state index in [-0.39, 0.29) is 5.82 Å². The third-order valence-electron chi connectivity index (χ3n) is 2.53. The lowest BCUT2D eigenvalue weighted by Crippen LogP contribution is -1.98. The third-order valence-corrected chi connectivity index (χ3v) is 2.53. The maximum Gasteiger partial charge on any atom is 0.154 e. The van der Waals surface area contributed by atoms with Crippen molar-refractivity contribution < 1.29 is 8.91 Å². The van der Waals surface area contributed by atoms with E-state index < -0.39 is 0 Å². The molecule has 0 fully saturated rings. The second-order valence-corrected chi connectivity index (χ2v) is 3.50. The number of hydrogen-bond acceptors (Lipinski definition) is 3. The lowest BCUT2D eigenvalue weighted by atomic mass is 10.0. The van der Waals surface area contributed by atoms with Gasteiger partial charge in [-0.15, -0.1) is 0 Å². The summed E-state index contributed by atoms with van der Waals surface area (Å²) >= 11 is 0. The van der Waals surface area contributed by atoms with Crippen LogP contribution < -0.4 is 5.73 Å². The van der Waals surface area contributed by atoms with Crippen LogP contribution >= 0.6 is 0 Å². The molecule has 1 heterocycles. The summed E-state index contributed by atoms with van der Waals surface area (Å²) in [7, 11) is 0. The minimum absolute atomic E-state index is 0.260. The van der Waals surface area contributed by atoms with Gasteiger partial charge in [0.1, 0.15) is 11.5 Å². The largest absolute Gasteiger partial charge is 0.359 e. The molecule has 0 amide bonds. The van der Waals surface area contributed by atoms with Crippen LogP contribution in [0.5, 0.6) is 0 Å². The molecule has 0 aliphatic heterocycles. The predicted molar refractivity (Wildman–Crippen MR) is 59.2 cm³/mol. The van der Waals surface area contributed by atoms with Crippen LogP contribution in [0, 0.1) is 5.82 Å². The van der Waals surface area contributed by atoms with E-state index in [9.17, 15) is 4.39 Å². The van der Waals surface area contributed by atoms with Crippen molar-refractivity contribution in [1.82, 2.24) is 5.16 Å². The summed E-state index contributed by atoms with van der Waals surface area (Å²) in [6.07, 6.45) is 0.794. The van der Waals surface area contributed by atoms with Gasteiger partial charge in [0, 0.05) is 11.1 Å². The minimum atomic E-state index is -0.260. The summed E-state index contributed by atoms with van der Waals surface area (Å²) in [5.74, 6) is 0.436. The maximum absolute atomic E-state index is 12.8. The highest BCUT2D eigenvalue weighted by molar-refractivity contribution is 5.63. The van der Waals surface area contributed by atoms with Crippen LogP contribution in [-0.4, -0.2) is 5.16 Å². The van der Waals surface area contributed by atoms with Crippen LogP contribution in [-0.2, 0) is 13.0 Å². The molecular weight excluding hydrogens is 207 g/mol. The van der Waals surface area contributed by atoms with E-state index in [2.05, 4.69) is 5.16 Å². The Morgan fingerprint density at radius 1 is 1.31 bits per heavy atom. The summed E-state index contributed by atoms with van der Waals surface area (Å²) in [4.78, 5) is 0. The van der Waals surface area contributed by atoms with E-state index in [0.717, 1.165) is 23.2 Å². The maximum atomic E-state index is 12.8. The average molecular weight is 220 g/mol. The molecule has 0 saturated carbocycles. The second-order valence-electron chi connectivity index (χ2n) is 3.50. The number of rotatable bonds is 3. The van der Waals surface area contributed by atoms with Gasteiger partial charge in [-0.05, 0) is 30.7 Å². The fourth-order valence-electron chi connectivity index (χ4n) is 1.70. The Morgan fingerprint density at radius 3 is 2.56 bits per heavy atom. The van der Waals surface area contributed by atoms with Crippen molar-refractivity contribution in [3.8, 4) is 11.3 Å². The number of benzene rings is 1. The van der Waals surface area contributed by atoms with Gasteiger partial charge in [-0.3, -0.25) is 0 Å². The molecule has 0 atom stereocenters. The van der Waals surface area contributed by atoms with Gasteiger partial charge < -0.3 is 10.3 Å². The van der Waals surface area contributed by atoms with Gasteiger partial charge in [0.15, 0.2) is 5.76 Å². The Balaban J connectivity index is 2.47. The Kier molecular flexibility index (Phi) is 3.01. The van der Waals surface area contributed by atoms with E-state index in [1.165, 1.54) is 12.1 Å². The van der Waals surface area contributed by atoms with Gasteiger partial charge in [-0.2, -0.15) is 0 Å². The van der Waals surface area contributed by atoms with E-state index in [1.807, 2.05) is 6.92 Å². The molecule has 4 heteroatoms. The normalized spacial score (nSPS) is 10.7. The molecule has 0 aliphatic carbocycles. The number of aromatic nitrogens is 1. The topological polar surface area (TPSA) is 52.0 Å². The average Bonchev–Trinajstić information content (AvgIpc) is 2.72. The highest BCUT2D eigenvalue weighted by Gasteiger charge is 2.14. The molecule has 84 valence electrons. The molecule has 2 rings (SSSR count). The second kappa shape index (κ2) is 4.45. The van der Waals surface area contributed by atoms with Crippen molar-refractivity contribution in [2.45, 2.75) is 19.9 Å². The fraction of sp³-hybridized carbons (Fsp3) is 0.250. The van der Waals surface area contributed by atoms with E-state index >= 15 is 0 Å². The molecule has 0 radical (unpaired) electrons. The molecule has 0 aliphatic rings. The van der Waals surface area contributed by atoms with Crippen LogP contribution in [0.15, 0.2) is 28.8 Å². The number of nitrogens with zero attached hydrogens (tertiary/aromatic N) is 1. The van der Waals surface area contributed by atoms with Gasteiger partial charge in [0.25, 0.3) is 0 Å². The molecule has 0 unspecified atom stereocenters. The van der Waals surface area contributed by atoms with Gasteiger partial charge in [0.05, 0.1) is 6.54 Å². The van der Waals surface area contributed by atoms with Crippen molar-refractivity contribution in [3.05, 3.63) is 41.4 Å². The predicted octanol–water partition coefficient (Wildman–Crippen LogP) is 2.50. The van der Waals surface area contributed by atoms with Crippen molar-refractivity contribution in [1.29, 1.82) is 0 Å².